The number of methoxy groups -OCH3 is 1. The molecule has 2 aromatic rings. The van der Waals surface area contributed by atoms with Crippen LogP contribution in [0.1, 0.15) is 56.9 Å². The first-order valence-electron chi connectivity index (χ1n) is 15.9. The van der Waals surface area contributed by atoms with E-state index in [0.29, 0.717) is 18.5 Å². The van der Waals surface area contributed by atoms with E-state index in [0.717, 1.165) is 17.6 Å². The summed E-state index contributed by atoms with van der Waals surface area (Å²) >= 11 is 0. The lowest BCUT2D eigenvalue weighted by Crippen LogP contribution is -2.63. The van der Waals surface area contributed by atoms with Crippen molar-refractivity contribution in [1.82, 2.24) is 0 Å². The SMILES string of the molecule is COc1c(OCc2cccc(N)c2)ccc(F)c1[C@@H]1O[C@@H]2CC3[C@@H]4CCC5=CC(=O)C=C[C@]5(C)C4[C@@H](O)C[C@]3(C)[C@]2(C(=O)CO)O1. The number of ether oxygens (including phenoxy) is 4. The Morgan fingerprint density at radius 2 is 2.02 bits per heavy atom. The van der Waals surface area contributed by atoms with Gasteiger partial charge in [0.1, 0.15) is 19.0 Å². The minimum atomic E-state index is -1.63. The van der Waals surface area contributed by atoms with Crippen LogP contribution in [-0.2, 0) is 25.7 Å². The Hall–Kier alpha value is -3.57. The van der Waals surface area contributed by atoms with Crippen LogP contribution in [0.5, 0.6) is 11.5 Å². The second-order valence-corrected chi connectivity index (χ2v) is 13.9. The number of hydrogen-bond donors (Lipinski definition) is 3. The fraction of sp³-hybridized carbons (Fsp3) is 0.500. The quantitative estimate of drug-likeness (QED) is 0.374. The lowest BCUT2D eigenvalue weighted by atomic mass is 9.46. The molecule has 0 radical (unpaired) electrons. The summed E-state index contributed by atoms with van der Waals surface area (Å²) in [7, 11) is 1.39. The van der Waals surface area contributed by atoms with Gasteiger partial charge in [0.05, 0.1) is 24.9 Å². The molecule has 0 bridgehead atoms. The molecule has 2 aromatic carbocycles. The molecule has 9 atom stereocenters. The summed E-state index contributed by atoms with van der Waals surface area (Å²) in [5, 5.41) is 22.2. The van der Waals surface area contributed by atoms with Crippen molar-refractivity contribution in [3.05, 3.63) is 77.1 Å². The molecule has 0 aromatic heterocycles. The molecule has 4 aliphatic carbocycles. The van der Waals surface area contributed by atoms with Gasteiger partial charge in [-0.3, -0.25) is 9.59 Å². The van der Waals surface area contributed by atoms with E-state index in [-0.39, 0.29) is 53.6 Å². The second kappa shape index (κ2) is 11.0. The van der Waals surface area contributed by atoms with Gasteiger partial charge in [-0.25, -0.2) is 4.39 Å². The number of aliphatic hydroxyl groups is 2. The fourth-order valence-electron chi connectivity index (χ4n) is 9.76. The summed E-state index contributed by atoms with van der Waals surface area (Å²) in [4.78, 5) is 26.1. The van der Waals surface area contributed by atoms with Gasteiger partial charge in [-0.1, -0.05) is 37.6 Å². The van der Waals surface area contributed by atoms with Crippen LogP contribution in [0.4, 0.5) is 10.1 Å². The number of halogens is 1. The maximum Gasteiger partial charge on any atom is 0.193 e. The topological polar surface area (TPSA) is 138 Å². The molecule has 7 rings (SSSR count). The number of allylic oxidation sites excluding steroid dienone is 4. The predicted octanol–water partition coefficient (Wildman–Crippen LogP) is 4.60. The Labute approximate surface area is 267 Å². The van der Waals surface area contributed by atoms with Gasteiger partial charge in [-0.2, -0.15) is 0 Å². The van der Waals surface area contributed by atoms with E-state index in [1.807, 2.05) is 25.1 Å². The number of benzene rings is 2. The number of nitrogen functional groups attached to an aromatic ring is 1. The van der Waals surface area contributed by atoms with Gasteiger partial charge in [0, 0.05) is 22.4 Å². The second-order valence-electron chi connectivity index (χ2n) is 13.9. The van der Waals surface area contributed by atoms with E-state index >= 15 is 4.39 Å². The molecule has 46 heavy (non-hydrogen) atoms. The van der Waals surface area contributed by atoms with Crippen molar-refractivity contribution in [1.29, 1.82) is 0 Å². The summed E-state index contributed by atoms with van der Waals surface area (Å²) < 4.78 is 40.4. The van der Waals surface area contributed by atoms with Gasteiger partial charge in [0.15, 0.2) is 35.0 Å². The van der Waals surface area contributed by atoms with E-state index in [2.05, 4.69) is 6.92 Å². The van der Waals surface area contributed by atoms with Crippen molar-refractivity contribution in [2.75, 3.05) is 19.5 Å². The number of rotatable bonds is 7. The zero-order valence-electron chi connectivity index (χ0n) is 26.2. The highest BCUT2D eigenvalue weighted by Crippen LogP contribution is 2.70. The molecule has 0 spiro atoms. The van der Waals surface area contributed by atoms with Crippen molar-refractivity contribution in [3.8, 4) is 11.5 Å². The monoisotopic (exact) mass is 633 g/mol. The van der Waals surface area contributed by atoms with Gasteiger partial charge < -0.3 is 34.9 Å². The summed E-state index contributed by atoms with van der Waals surface area (Å²) in [5.74, 6) is -1.19. The molecule has 10 heteroatoms. The molecular weight excluding hydrogens is 593 g/mol. The zero-order chi connectivity index (χ0) is 32.6. The number of hydrogen-bond acceptors (Lipinski definition) is 9. The first-order chi connectivity index (χ1) is 22.0. The predicted molar refractivity (Wildman–Crippen MR) is 165 cm³/mol. The van der Waals surface area contributed by atoms with Crippen LogP contribution in [0.2, 0.25) is 0 Å². The van der Waals surface area contributed by atoms with E-state index < -0.39 is 53.1 Å². The van der Waals surface area contributed by atoms with E-state index in [1.165, 1.54) is 19.2 Å². The van der Waals surface area contributed by atoms with Crippen LogP contribution in [0, 0.1) is 34.4 Å². The lowest BCUT2D eigenvalue weighted by molar-refractivity contribution is -0.201. The standard InChI is InChI=1S/C36H40FNO8/c1-34-12-11-22(40)14-20(34)7-8-23-24-15-29-36(28(42)17-39,35(24,2)16-26(41)31(23)34)46-33(45-29)30-25(37)9-10-27(32(30)43-3)44-18-19-5-4-6-21(38)13-19/h4-6,9-14,23-24,26,29,31,33,39,41H,7-8,15-18,38H2,1-3H3/t23-,24?,26-,29+,31?,33+,34-,35-,36+/m0/s1. The number of Topliss-reactive ketones (excluding diaryl/α,β-unsaturated/α-hetero) is 1. The molecule has 0 amide bonds. The van der Waals surface area contributed by atoms with Crippen molar-refractivity contribution in [2.45, 2.75) is 70.2 Å². The molecule has 4 fully saturated rings. The largest absolute Gasteiger partial charge is 0.492 e. The number of aliphatic hydroxyl groups excluding tert-OH is 2. The summed E-state index contributed by atoms with van der Waals surface area (Å²) in [5.41, 5.74) is 5.23. The van der Waals surface area contributed by atoms with Gasteiger partial charge >= 0.3 is 0 Å². The average Bonchev–Trinajstić information content (AvgIpc) is 3.52. The van der Waals surface area contributed by atoms with Gasteiger partial charge in [-0.15, -0.1) is 0 Å². The van der Waals surface area contributed by atoms with Crippen LogP contribution in [0.3, 0.4) is 0 Å². The highest BCUT2D eigenvalue weighted by Gasteiger charge is 2.76. The average molecular weight is 634 g/mol. The number of nitrogens with two attached hydrogens (primary N) is 1. The summed E-state index contributed by atoms with van der Waals surface area (Å²) in [6, 6.07) is 9.92. The number of ketones is 2. The Morgan fingerprint density at radius 3 is 2.76 bits per heavy atom. The number of carbonyl (C=O) groups is 2. The minimum absolute atomic E-state index is 0.00314. The third-order valence-electron chi connectivity index (χ3n) is 11.7. The Kier molecular flexibility index (Phi) is 7.43. The molecule has 2 unspecified atom stereocenters. The van der Waals surface area contributed by atoms with Crippen LogP contribution < -0.4 is 15.2 Å². The van der Waals surface area contributed by atoms with Crippen molar-refractivity contribution >= 4 is 17.3 Å². The van der Waals surface area contributed by atoms with Crippen molar-refractivity contribution in [3.63, 3.8) is 0 Å². The molecule has 9 nitrogen and oxygen atoms in total. The van der Waals surface area contributed by atoms with Crippen LogP contribution >= 0.6 is 0 Å². The Balaban J connectivity index is 1.23. The normalized spacial score (nSPS) is 37.5. The molecule has 1 heterocycles. The van der Waals surface area contributed by atoms with Crippen LogP contribution in [0.25, 0.3) is 0 Å². The van der Waals surface area contributed by atoms with E-state index in [1.54, 1.807) is 24.3 Å². The Morgan fingerprint density at radius 1 is 1.22 bits per heavy atom. The smallest absolute Gasteiger partial charge is 0.193 e. The number of anilines is 1. The molecule has 1 saturated heterocycles. The van der Waals surface area contributed by atoms with Crippen LogP contribution in [0.15, 0.2) is 60.2 Å². The van der Waals surface area contributed by atoms with Crippen LogP contribution in [-0.4, -0.2) is 53.3 Å². The van der Waals surface area contributed by atoms with E-state index in [9.17, 15) is 19.8 Å². The zero-order valence-corrected chi connectivity index (χ0v) is 26.2. The van der Waals surface area contributed by atoms with E-state index in [4.69, 9.17) is 24.7 Å². The fourth-order valence-corrected chi connectivity index (χ4v) is 9.76. The van der Waals surface area contributed by atoms with Gasteiger partial charge in [-0.05, 0) is 79.5 Å². The molecule has 4 N–H and O–H groups in total. The van der Waals surface area contributed by atoms with Gasteiger partial charge in [0.2, 0.25) is 0 Å². The first-order valence-corrected chi connectivity index (χ1v) is 15.9. The molecule has 244 valence electrons. The van der Waals surface area contributed by atoms with Crippen molar-refractivity contribution in [2.24, 2.45) is 28.6 Å². The third kappa shape index (κ3) is 4.33. The maximum absolute atomic E-state index is 15.7. The summed E-state index contributed by atoms with van der Waals surface area (Å²) in [6.07, 6.45) is 4.34. The molecule has 3 saturated carbocycles. The first kappa shape index (κ1) is 31.1. The van der Waals surface area contributed by atoms with Gasteiger partial charge in [0.25, 0.3) is 0 Å². The number of carbonyl (C=O) groups excluding carboxylic acids is 2. The highest BCUT2D eigenvalue weighted by molar-refractivity contribution is 6.01. The Bertz CT molecular complexity index is 1660. The number of fused-ring (bicyclic) bond motifs is 7. The van der Waals surface area contributed by atoms with Crippen molar-refractivity contribution < 1.29 is 43.1 Å². The highest BCUT2D eigenvalue weighted by atomic mass is 19.1. The minimum Gasteiger partial charge on any atom is -0.492 e. The third-order valence-corrected chi connectivity index (χ3v) is 11.7. The summed E-state index contributed by atoms with van der Waals surface area (Å²) in [6.45, 7) is 3.36. The molecular formula is C36H40FNO8. The maximum atomic E-state index is 15.7. The molecule has 1 aliphatic heterocycles. The lowest BCUT2D eigenvalue weighted by Gasteiger charge is -2.59. The molecule has 5 aliphatic rings.